The van der Waals surface area contributed by atoms with Gasteiger partial charge in [-0.2, -0.15) is 0 Å². The van der Waals surface area contributed by atoms with Crippen LogP contribution in [0.15, 0.2) is 41.0 Å². The highest BCUT2D eigenvalue weighted by Crippen LogP contribution is 2.29. The van der Waals surface area contributed by atoms with Crippen LogP contribution in [0.25, 0.3) is 0 Å². The van der Waals surface area contributed by atoms with E-state index in [4.69, 9.17) is 4.42 Å². The number of furan rings is 1. The molecule has 1 aliphatic rings. The van der Waals surface area contributed by atoms with Crippen LogP contribution in [0, 0.1) is 0 Å². The van der Waals surface area contributed by atoms with Gasteiger partial charge in [0.15, 0.2) is 5.54 Å². The third-order valence-electron chi connectivity index (χ3n) is 4.85. The summed E-state index contributed by atoms with van der Waals surface area (Å²) in [5.74, 6) is -0.608. The molecule has 3 rings (SSSR count). The molecule has 2 aromatic rings. The molecule has 1 aromatic carbocycles. The second kappa shape index (κ2) is 7.26. The van der Waals surface area contributed by atoms with Crippen LogP contribution in [-0.4, -0.2) is 29.3 Å². The Kier molecular flexibility index (Phi) is 5.03. The Labute approximate surface area is 157 Å². The Morgan fingerprint density at radius 1 is 1.15 bits per heavy atom. The lowest BCUT2D eigenvalue weighted by Gasteiger charge is -2.19. The zero-order valence-corrected chi connectivity index (χ0v) is 15.7. The van der Waals surface area contributed by atoms with Crippen molar-refractivity contribution in [2.24, 2.45) is 0 Å². The quantitative estimate of drug-likeness (QED) is 0.766. The van der Waals surface area contributed by atoms with E-state index in [1.807, 2.05) is 32.0 Å². The molecule has 1 fully saturated rings. The summed E-state index contributed by atoms with van der Waals surface area (Å²) in [4.78, 5) is 38.6. The molecule has 1 atom stereocenters. The van der Waals surface area contributed by atoms with Crippen LogP contribution in [0.5, 0.6) is 0 Å². The minimum atomic E-state index is -1.31. The van der Waals surface area contributed by atoms with E-state index < -0.39 is 23.4 Å². The number of anilines is 1. The number of carbonyl (C=O) groups excluding carboxylic acids is 3. The Bertz CT molecular complexity index is 853. The van der Waals surface area contributed by atoms with E-state index >= 15 is 0 Å². The summed E-state index contributed by atoms with van der Waals surface area (Å²) in [7, 11) is 0. The molecule has 27 heavy (non-hydrogen) atoms. The van der Waals surface area contributed by atoms with Crippen molar-refractivity contribution in [2.45, 2.75) is 39.2 Å². The van der Waals surface area contributed by atoms with Crippen molar-refractivity contribution < 1.29 is 18.8 Å². The molecule has 7 heteroatoms. The lowest BCUT2D eigenvalue weighted by Crippen LogP contribution is -2.42. The van der Waals surface area contributed by atoms with E-state index in [-0.39, 0.29) is 6.54 Å². The van der Waals surface area contributed by atoms with Gasteiger partial charge in [0.1, 0.15) is 12.3 Å². The molecule has 7 nitrogen and oxygen atoms in total. The normalized spacial score (nSPS) is 19.3. The number of nitrogens with one attached hydrogen (secondary N) is 2. The zero-order valence-electron chi connectivity index (χ0n) is 15.7. The van der Waals surface area contributed by atoms with Crippen LogP contribution in [0.3, 0.4) is 0 Å². The van der Waals surface area contributed by atoms with Gasteiger partial charge in [-0.25, -0.2) is 4.79 Å². The van der Waals surface area contributed by atoms with Crippen LogP contribution in [-0.2, 0) is 28.0 Å². The Morgan fingerprint density at radius 2 is 1.81 bits per heavy atom. The van der Waals surface area contributed by atoms with Crippen LogP contribution < -0.4 is 10.6 Å². The molecule has 0 unspecified atom stereocenters. The summed E-state index contributed by atoms with van der Waals surface area (Å²) in [6.07, 6.45) is 2.97. The molecule has 4 amide bonds. The summed E-state index contributed by atoms with van der Waals surface area (Å²) in [6.45, 7) is 5.22. The largest absolute Gasteiger partial charge is 0.466 e. The number of benzene rings is 1. The molecular weight excluding hydrogens is 346 g/mol. The minimum Gasteiger partial charge on any atom is -0.466 e. The molecule has 1 aromatic heterocycles. The third-order valence-corrected chi connectivity index (χ3v) is 4.85. The van der Waals surface area contributed by atoms with Gasteiger partial charge in [0.05, 0.1) is 6.26 Å². The Balaban J connectivity index is 1.77. The fraction of sp³-hybridized carbons (Fsp3) is 0.350. The van der Waals surface area contributed by atoms with Crippen molar-refractivity contribution in [3.8, 4) is 0 Å². The highest BCUT2D eigenvalue weighted by atomic mass is 16.3. The van der Waals surface area contributed by atoms with Crippen LogP contribution >= 0.6 is 0 Å². The first-order valence-corrected chi connectivity index (χ1v) is 8.99. The van der Waals surface area contributed by atoms with Crippen molar-refractivity contribution in [3.05, 3.63) is 53.5 Å². The lowest BCUT2D eigenvalue weighted by atomic mass is 9.99. The van der Waals surface area contributed by atoms with Crippen molar-refractivity contribution in [2.75, 3.05) is 11.9 Å². The van der Waals surface area contributed by atoms with Gasteiger partial charge in [-0.3, -0.25) is 14.5 Å². The monoisotopic (exact) mass is 369 g/mol. The van der Waals surface area contributed by atoms with Crippen molar-refractivity contribution in [1.29, 1.82) is 0 Å². The van der Waals surface area contributed by atoms with Gasteiger partial charge in [-0.1, -0.05) is 32.0 Å². The second-order valence-electron chi connectivity index (χ2n) is 6.63. The van der Waals surface area contributed by atoms with Gasteiger partial charge in [0, 0.05) is 5.69 Å². The van der Waals surface area contributed by atoms with Crippen LogP contribution in [0.4, 0.5) is 10.5 Å². The van der Waals surface area contributed by atoms with Crippen molar-refractivity contribution in [1.82, 2.24) is 10.2 Å². The van der Waals surface area contributed by atoms with E-state index in [0.29, 0.717) is 5.76 Å². The van der Waals surface area contributed by atoms with Crippen molar-refractivity contribution >= 4 is 23.5 Å². The number of nitrogens with zero attached hydrogens (tertiary/aromatic N) is 1. The van der Waals surface area contributed by atoms with Gasteiger partial charge in [0.25, 0.3) is 5.91 Å². The average Bonchev–Trinajstić information content (AvgIpc) is 3.26. The molecule has 1 aliphatic heterocycles. The average molecular weight is 369 g/mol. The lowest BCUT2D eigenvalue weighted by molar-refractivity contribution is -0.134. The van der Waals surface area contributed by atoms with Gasteiger partial charge < -0.3 is 15.1 Å². The summed E-state index contributed by atoms with van der Waals surface area (Å²) < 4.78 is 5.29. The van der Waals surface area contributed by atoms with Crippen LogP contribution in [0.2, 0.25) is 0 Å². The van der Waals surface area contributed by atoms with E-state index in [2.05, 4.69) is 10.6 Å². The van der Waals surface area contributed by atoms with Gasteiger partial charge >= 0.3 is 6.03 Å². The maximum Gasteiger partial charge on any atom is 0.325 e. The number of imide groups is 1. The minimum absolute atomic E-state index is 0.327. The van der Waals surface area contributed by atoms with E-state index in [0.717, 1.165) is 34.6 Å². The highest BCUT2D eigenvalue weighted by molar-refractivity contribution is 6.10. The number of amides is 4. The molecule has 142 valence electrons. The standard InChI is InChI=1S/C20H23N3O4/c1-4-13-8-6-9-14(5-2)17(13)21-16(24)12-23-18(25)20(3,22-19(23)26)15-10-7-11-27-15/h6-11H,4-5,12H2,1-3H3,(H,21,24)(H,22,26)/t20-/m1/s1. The molecule has 0 radical (unpaired) electrons. The Hall–Kier alpha value is -3.09. The predicted octanol–water partition coefficient (Wildman–Crippen LogP) is 2.81. The second-order valence-corrected chi connectivity index (χ2v) is 6.63. The number of para-hydroxylation sites is 1. The fourth-order valence-electron chi connectivity index (χ4n) is 3.30. The number of hydrogen-bond acceptors (Lipinski definition) is 4. The maximum atomic E-state index is 12.8. The number of aryl methyl sites for hydroxylation is 2. The molecule has 2 N–H and O–H groups in total. The highest BCUT2D eigenvalue weighted by Gasteiger charge is 2.51. The van der Waals surface area contributed by atoms with Gasteiger partial charge in [-0.05, 0) is 43.0 Å². The van der Waals surface area contributed by atoms with Gasteiger partial charge in [0.2, 0.25) is 5.91 Å². The number of hydrogen-bond donors (Lipinski definition) is 2. The fourth-order valence-corrected chi connectivity index (χ4v) is 3.30. The first kappa shape index (κ1) is 18.7. The maximum absolute atomic E-state index is 12.8. The van der Waals surface area contributed by atoms with Crippen molar-refractivity contribution in [3.63, 3.8) is 0 Å². The molecule has 0 spiro atoms. The topological polar surface area (TPSA) is 91.7 Å². The number of carbonyl (C=O) groups is 3. The third kappa shape index (κ3) is 3.32. The summed E-state index contributed by atoms with van der Waals surface area (Å²) in [5, 5.41) is 5.49. The first-order valence-electron chi connectivity index (χ1n) is 8.99. The summed E-state index contributed by atoms with van der Waals surface area (Å²) in [5.41, 5.74) is 1.48. The SMILES string of the molecule is CCc1cccc(CC)c1NC(=O)CN1C(=O)N[C@](C)(c2ccco2)C1=O. The van der Waals surface area contributed by atoms with E-state index in [1.165, 1.54) is 6.26 Å². The molecule has 0 saturated carbocycles. The molecule has 0 aliphatic carbocycles. The number of rotatable bonds is 6. The summed E-state index contributed by atoms with van der Waals surface area (Å²) >= 11 is 0. The van der Waals surface area contributed by atoms with E-state index in [9.17, 15) is 14.4 Å². The summed E-state index contributed by atoms with van der Waals surface area (Å²) in [6, 6.07) is 8.51. The molecule has 1 saturated heterocycles. The van der Waals surface area contributed by atoms with Gasteiger partial charge in [-0.15, -0.1) is 0 Å². The molecule has 0 bridgehead atoms. The molecule has 2 heterocycles. The molecular formula is C20H23N3O4. The van der Waals surface area contributed by atoms with Crippen LogP contribution in [0.1, 0.15) is 37.7 Å². The zero-order chi connectivity index (χ0) is 19.6. The number of urea groups is 1. The van der Waals surface area contributed by atoms with E-state index in [1.54, 1.807) is 19.1 Å². The first-order chi connectivity index (χ1) is 12.9. The Morgan fingerprint density at radius 3 is 2.37 bits per heavy atom. The smallest absolute Gasteiger partial charge is 0.325 e. The predicted molar refractivity (Wildman–Crippen MR) is 100 cm³/mol.